The van der Waals surface area contributed by atoms with Gasteiger partial charge < -0.3 is 5.11 Å². The summed E-state index contributed by atoms with van der Waals surface area (Å²) in [4.78, 5) is 25.1. The van der Waals surface area contributed by atoms with E-state index in [1.807, 2.05) is 6.07 Å². The molecule has 0 spiro atoms. The van der Waals surface area contributed by atoms with E-state index < -0.39 is 12.0 Å². The Morgan fingerprint density at radius 1 is 1.52 bits per heavy atom. The summed E-state index contributed by atoms with van der Waals surface area (Å²) in [5, 5.41) is 9.71. The Morgan fingerprint density at radius 3 is 2.76 bits per heavy atom. The van der Waals surface area contributed by atoms with E-state index in [1.165, 1.54) is 0 Å². The number of nitrogens with zero attached hydrogens (tertiary/aromatic N) is 1. The first kappa shape index (κ1) is 16.0. The third-order valence-corrected chi connectivity index (χ3v) is 4.67. The summed E-state index contributed by atoms with van der Waals surface area (Å²) >= 11 is 12.3. The van der Waals surface area contributed by atoms with Crippen LogP contribution < -0.4 is 0 Å². The zero-order valence-corrected chi connectivity index (χ0v) is 13.5. The molecule has 0 radical (unpaired) electrons. The predicted molar refractivity (Wildman–Crippen MR) is 88.2 cm³/mol. The van der Waals surface area contributed by atoms with E-state index in [-0.39, 0.29) is 10.2 Å². The number of benzene rings is 1. The quantitative estimate of drug-likeness (QED) is 0.672. The number of carbonyl (C=O) groups excluding carboxylic acids is 1. The van der Waals surface area contributed by atoms with Gasteiger partial charge in [-0.25, -0.2) is 4.79 Å². The van der Waals surface area contributed by atoms with E-state index in [4.69, 9.17) is 23.8 Å². The second kappa shape index (κ2) is 6.60. The van der Waals surface area contributed by atoms with Gasteiger partial charge in [0, 0.05) is 5.02 Å². The lowest BCUT2D eigenvalue weighted by Crippen LogP contribution is -2.43. The zero-order valence-electron chi connectivity index (χ0n) is 11.1. The average molecular weight is 342 g/mol. The third kappa shape index (κ3) is 3.28. The molecular weight excluding hydrogens is 330 g/mol. The lowest BCUT2D eigenvalue weighted by molar-refractivity contribution is -0.145. The first-order valence-electron chi connectivity index (χ1n) is 6.20. The van der Waals surface area contributed by atoms with Crippen LogP contribution in [0.5, 0.6) is 0 Å². The monoisotopic (exact) mass is 341 g/mol. The lowest BCUT2D eigenvalue weighted by atomic mass is 10.2. The molecule has 0 aromatic heterocycles. The van der Waals surface area contributed by atoms with Crippen molar-refractivity contribution >= 4 is 57.9 Å². The number of hydrogen-bond donors (Lipinski definition) is 1. The lowest BCUT2D eigenvalue weighted by Gasteiger charge is -2.21. The van der Waals surface area contributed by atoms with Gasteiger partial charge in [-0.3, -0.25) is 9.69 Å². The van der Waals surface area contributed by atoms with Gasteiger partial charge in [-0.05, 0) is 24.1 Å². The van der Waals surface area contributed by atoms with Crippen LogP contribution in [0.3, 0.4) is 0 Å². The van der Waals surface area contributed by atoms with Crippen LogP contribution in [0.2, 0.25) is 5.02 Å². The highest BCUT2D eigenvalue weighted by Gasteiger charge is 2.39. The van der Waals surface area contributed by atoms with Crippen molar-refractivity contribution in [2.24, 2.45) is 0 Å². The van der Waals surface area contributed by atoms with Gasteiger partial charge in [-0.1, -0.05) is 60.7 Å². The Bertz CT molecular complexity index is 645. The van der Waals surface area contributed by atoms with E-state index >= 15 is 0 Å². The molecule has 1 atom stereocenters. The number of hydrogen-bond acceptors (Lipinski definition) is 4. The molecule has 1 aromatic carbocycles. The van der Waals surface area contributed by atoms with E-state index in [0.29, 0.717) is 21.9 Å². The van der Waals surface area contributed by atoms with Gasteiger partial charge in [-0.15, -0.1) is 0 Å². The van der Waals surface area contributed by atoms with Gasteiger partial charge in [0.1, 0.15) is 10.4 Å². The minimum atomic E-state index is -1.06. The number of aliphatic carboxylic acids is 1. The van der Waals surface area contributed by atoms with Gasteiger partial charge in [0.15, 0.2) is 0 Å². The molecule has 1 amide bonds. The van der Waals surface area contributed by atoms with Crippen molar-refractivity contribution in [1.29, 1.82) is 0 Å². The van der Waals surface area contributed by atoms with E-state index in [0.717, 1.165) is 16.7 Å². The van der Waals surface area contributed by atoms with Crippen LogP contribution >= 0.6 is 35.6 Å². The average Bonchev–Trinajstić information content (AvgIpc) is 2.70. The first-order chi connectivity index (χ1) is 9.95. The van der Waals surface area contributed by atoms with Gasteiger partial charge >= 0.3 is 5.97 Å². The maximum absolute atomic E-state index is 12.4. The van der Waals surface area contributed by atoms with Crippen molar-refractivity contribution in [1.82, 2.24) is 4.90 Å². The molecule has 110 valence electrons. The smallest absolute Gasteiger partial charge is 0.326 e. The van der Waals surface area contributed by atoms with E-state index in [1.54, 1.807) is 31.2 Å². The zero-order chi connectivity index (χ0) is 15.6. The number of halogens is 1. The van der Waals surface area contributed by atoms with Crippen LogP contribution in [0.25, 0.3) is 6.08 Å². The Morgan fingerprint density at radius 2 is 2.19 bits per heavy atom. The number of amides is 1. The van der Waals surface area contributed by atoms with Crippen LogP contribution in [-0.2, 0) is 9.59 Å². The molecule has 21 heavy (non-hydrogen) atoms. The summed E-state index contributed by atoms with van der Waals surface area (Å²) in [6.07, 6.45) is 1.93. The predicted octanol–water partition coefficient (Wildman–Crippen LogP) is 3.40. The molecule has 1 N–H and O–H groups in total. The van der Waals surface area contributed by atoms with E-state index in [2.05, 4.69) is 0 Å². The Kier molecular flexibility index (Phi) is 5.03. The molecule has 7 heteroatoms. The van der Waals surface area contributed by atoms with Crippen molar-refractivity contribution < 1.29 is 14.7 Å². The molecule has 1 aliphatic heterocycles. The Hall–Kier alpha value is -1.37. The molecule has 1 heterocycles. The summed E-state index contributed by atoms with van der Waals surface area (Å²) in [5.41, 5.74) is 0.697. The van der Waals surface area contributed by atoms with Gasteiger partial charge in [-0.2, -0.15) is 0 Å². The summed E-state index contributed by atoms with van der Waals surface area (Å²) < 4.78 is 0.257. The molecule has 1 aromatic rings. The van der Waals surface area contributed by atoms with Crippen LogP contribution in [-0.4, -0.2) is 32.2 Å². The fourth-order valence-electron chi connectivity index (χ4n) is 1.95. The number of rotatable bonds is 4. The van der Waals surface area contributed by atoms with E-state index in [9.17, 15) is 14.7 Å². The van der Waals surface area contributed by atoms with Crippen molar-refractivity contribution in [3.8, 4) is 0 Å². The summed E-state index contributed by atoms with van der Waals surface area (Å²) in [5.74, 6) is -1.45. The van der Waals surface area contributed by atoms with Crippen molar-refractivity contribution in [3.63, 3.8) is 0 Å². The standard InChI is InChI=1S/C14H12ClNO3S2/c1-2-10(13(18)19)16-12(17)11(21-14(16)20)7-8-5-3-4-6-9(8)15/h3-7,10H,2H2,1H3,(H,18,19)/b11-7-/t10-/m0/s1. The highest BCUT2D eigenvalue weighted by atomic mass is 35.5. The molecule has 1 saturated heterocycles. The van der Waals surface area contributed by atoms with Crippen molar-refractivity contribution in [2.45, 2.75) is 19.4 Å². The van der Waals surface area contributed by atoms with Gasteiger partial charge in [0.25, 0.3) is 5.91 Å². The molecular formula is C14H12ClNO3S2. The van der Waals surface area contributed by atoms with Crippen LogP contribution in [0.15, 0.2) is 29.2 Å². The van der Waals surface area contributed by atoms with Crippen LogP contribution in [0, 0.1) is 0 Å². The molecule has 0 unspecified atom stereocenters. The minimum absolute atomic E-state index is 0.257. The molecule has 1 fully saturated rings. The number of carboxylic acids is 1. The summed E-state index contributed by atoms with van der Waals surface area (Å²) in [7, 11) is 0. The molecule has 1 aliphatic rings. The normalized spacial score (nSPS) is 18.4. The fourth-order valence-corrected chi connectivity index (χ4v) is 3.49. The highest BCUT2D eigenvalue weighted by molar-refractivity contribution is 8.26. The fraction of sp³-hybridized carbons (Fsp3) is 0.214. The number of carbonyl (C=O) groups is 2. The number of thioether (sulfide) groups is 1. The topological polar surface area (TPSA) is 57.6 Å². The second-order valence-corrected chi connectivity index (χ2v) is 6.42. The van der Waals surface area contributed by atoms with Gasteiger partial charge in [0.05, 0.1) is 4.91 Å². The minimum Gasteiger partial charge on any atom is -0.480 e. The highest BCUT2D eigenvalue weighted by Crippen LogP contribution is 2.35. The Labute approximate surface area is 136 Å². The second-order valence-electron chi connectivity index (χ2n) is 4.34. The third-order valence-electron chi connectivity index (χ3n) is 3.00. The molecule has 0 bridgehead atoms. The number of thiocarbonyl (C=S) groups is 1. The maximum Gasteiger partial charge on any atom is 0.326 e. The van der Waals surface area contributed by atoms with Gasteiger partial charge in [0.2, 0.25) is 0 Å². The SMILES string of the molecule is CC[C@@H](C(=O)O)N1C(=O)/C(=C/c2ccccc2Cl)SC1=S. The van der Waals surface area contributed by atoms with Crippen LogP contribution in [0.1, 0.15) is 18.9 Å². The Balaban J connectivity index is 2.34. The molecule has 2 rings (SSSR count). The number of carboxylic acid groups (broad SMARTS) is 1. The molecule has 0 saturated carbocycles. The molecule has 0 aliphatic carbocycles. The maximum atomic E-state index is 12.4. The van der Waals surface area contributed by atoms with Crippen molar-refractivity contribution in [2.75, 3.05) is 0 Å². The summed E-state index contributed by atoms with van der Waals surface area (Å²) in [6.45, 7) is 1.70. The first-order valence-corrected chi connectivity index (χ1v) is 7.80. The van der Waals surface area contributed by atoms with Crippen LogP contribution in [0.4, 0.5) is 0 Å². The van der Waals surface area contributed by atoms with Crippen molar-refractivity contribution in [3.05, 3.63) is 39.8 Å². The summed E-state index contributed by atoms with van der Waals surface area (Å²) in [6, 6.07) is 6.17. The molecule has 4 nitrogen and oxygen atoms in total. The largest absolute Gasteiger partial charge is 0.480 e.